The highest BCUT2D eigenvalue weighted by atomic mass is 19.4. The van der Waals surface area contributed by atoms with E-state index in [1.165, 1.54) is 0 Å². The maximum Gasteiger partial charge on any atom is 0.453 e. The Balaban J connectivity index is 2.65. The molecule has 1 rings (SSSR count). The van der Waals surface area contributed by atoms with Gasteiger partial charge in [0.15, 0.2) is 0 Å². The minimum Gasteiger partial charge on any atom is -0.196 e. The first-order valence-corrected chi connectivity index (χ1v) is 4.12. The Morgan fingerprint density at radius 2 is 1.54 bits per heavy atom. The van der Waals surface area contributed by atoms with Crippen LogP contribution in [0.5, 0.6) is 0 Å². The van der Waals surface area contributed by atoms with Crippen LogP contribution in [-0.2, 0) is 0 Å². The molecule has 0 aromatic heterocycles. The number of rotatable bonds is 2. The van der Waals surface area contributed by atoms with Gasteiger partial charge in [0.2, 0.25) is 0 Å². The van der Waals surface area contributed by atoms with Crippen LogP contribution in [0.25, 0.3) is 0 Å². The van der Waals surface area contributed by atoms with Crippen molar-refractivity contribution in [2.24, 2.45) is 17.8 Å². The van der Waals surface area contributed by atoms with Gasteiger partial charge in [0.1, 0.15) is 0 Å². The molecule has 13 heavy (non-hydrogen) atoms. The summed E-state index contributed by atoms with van der Waals surface area (Å²) in [6.07, 6.45) is -5.40. The SMILES string of the molecule is CC(C)C1CC1C(F)(F)C(F)(F)F. The van der Waals surface area contributed by atoms with Crippen molar-refractivity contribution < 1.29 is 22.0 Å². The van der Waals surface area contributed by atoms with Crippen LogP contribution in [0, 0.1) is 17.8 Å². The van der Waals surface area contributed by atoms with E-state index in [0.717, 1.165) is 0 Å². The summed E-state index contributed by atoms with van der Waals surface area (Å²) in [6, 6.07) is 0. The molecule has 2 atom stereocenters. The Morgan fingerprint density at radius 3 is 1.77 bits per heavy atom. The second-order valence-electron chi connectivity index (χ2n) is 3.87. The van der Waals surface area contributed by atoms with E-state index in [1.54, 1.807) is 13.8 Å². The number of alkyl halides is 5. The molecule has 1 fully saturated rings. The van der Waals surface area contributed by atoms with Gasteiger partial charge in [0, 0.05) is 5.92 Å². The minimum absolute atomic E-state index is 0.00975. The Hall–Kier alpha value is -0.350. The molecule has 1 saturated carbocycles. The van der Waals surface area contributed by atoms with Crippen molar-refractivity contribution in [3.63, 3.8) is 0 Å². The Morgan fingerprint density at radius 1 is 1.08 bits per heavy atom. The summed E-state index contributed by atoms with van der Waals surface area (Å²) in [5.74, 6) is -6.57. The fourth-order valence-electron chi connectivity index (χ4n) is 1.58. The van der Waals surface area contributed by atoms with Gasteiger partial charge in [-0.25, -0.2) is 0 Å². The van der Waals surface area contributed by atoms with Crippen molar-refractivity contribution in [3.05, 3.63) is 0 Å². The maximum atomic E-state index is 12.6. The van der Waals surface area contributed by atoms with Gasteiger partial charge in [-0.2, -0.15) is 22.0 Å². The van der Waals surface area contributed by atoms with Gasteiger partial charge in [-0.1, -0.05) is 13.8 Å². The quantitative estimate of drug-likeness (QED) is 0.601. The molecule has 78 valence electrons. The van der Waals surface area contributed by atoms with Gasteiger partial charge in [-0.05, 0) is 18.3 Å². The van der Waals surface area contributed by atoms with Gasteiger partial charge < -0.3 is 0 Å². The van der Waals surface area contributed by atoms with E-state index < -0.39 is 23.9 Å². The predicted octanol–water partition coefficient (Wildman–Crippen LogP) is 3.48. The van der Waals surface area contributed by atoms with E-state index in [4.69, 9.17) is 0 Å². The molecular formula is C8H11F5. The zero-order valence-electron chi connectivity index (χ0n) is 7.33. The molecule has 0 aromatic carbocycles. The van der Waals surface area contributed by atoms with Crippen LogP contribution >= 0.6 is 0 Å². The van der Waals surface area contributed by atoms with Gasteiger partial charge in [-0.15, -0.1) is 0 Å². The van der Waals surface area contributed by atoms with Gasteiger partial charge >= 0.3 is 12.1 Å². The number of hydrogen-bond acceptors (Lipinski definition) is 0. The molecule has 0 nitrogen and oxygen atoms in total. The lowest BCUT2D eigenvalue weighted by molar-refractivity contribution is -0.292. The fourth-order valence-corrected chi connectivity index (χ4v) is 1.58. The van der Waals surface area contributed by atoms with Crippen molar-refractivity contribution in [2.75, 3.05) is 0 Å². The van der Waals surface area contributed by atoms with Crippen LogP contribution in [-0.4, -0.2) is 12.1 Å². The summed E-state index contributed by atoms with van der Waals surface area (Å²) in [4.78, 5) is 0. The summed E-state index contributed by atoms with van der Waals surface area (Å²) in [5.41, 5.74) is 0. The molecule has 1 aliphatic rings. The van der Waals surface area contributed by atoms with Crippen molar-refractivity contribution >= 4 is 0 Å². The predicted molar refractivity (Wildman–Crippen MR) is 37.4 cm³/mol. The Kier molecular flexibility index (Phi) is 2.33. The largest absolute Gasteiger partial charge is 0.453 e. The van der Waals surface area contributed by atoms with E-state index >= 15 is 0 Å². The monoisotopic (exact) mass is 202 g/mol. The van der Waals surface area contributed by atoms with Crippen LogP contribution in [0.1, 0.15) is 20.3 Å². The average molecular weight is 202 g/mol. The van der Waals surface area contributed by atoms with Gasteiger partial charge in [0.25, 0.3) is 0 Å². The Bertz CT molecular complexity index is 193. The normalized spacial score (nSPS) is 29.5. The molecule has 0 amide bonds. The topological polar surface area (TPSA) is 0 Å². The third-order valence-corrected chi connectivity index (χ3v) is 2.54. The standard InChI is InChI=1S/C8H11F5/c1-4(2)5-3-6(5)7(9,10)8(11,12)13/h4-6H,3H2,1-2H3. The summed E-state index contributed by atoms with van der Waals surface area (Å²) >= 11 is 0. The van der Waals surface area contributed by atoms with Gasteiger partial charge in [-0.3, -0.25) is 0 Å². The van der Waals surface area contributed by atoms with E-state index in [9.17, 15) is 22.0 Å². The maximum absolute atomic E-state index is 12.6. The zero-order chi connectivity index (χ0) is 10.4. The molecule has 0 heterocycles. The van der Waals surface area contributed by atoms with Crippen LogP contribution in [0.2, 0.25) is 0 Å². The number of hydrogen-bond donors (Lipinski definition) is 0. The molecule has 0 aliphatic heterocycles. The summed E-state index contributed by atoms with van der Waals surface area (Å²) in [7, 11) is 0. The van der Waals surface area contributed by atoms with Crippen molar-refractivity contribution in [1.29, 1.82) is 0 Å². The average Bonchev–Trinajstić information content (AvgIpc) is 2.60. The van der Waals surface area contributed by atoms with E-state index in [1.807, 2.05) is 0 Å². The molecule has 5 heteroatoms. The highest BCUT2D eigenvalue weighted by Gasteiger charge is 2.69. The third-order valence-electron chi connectivity index (χ3n) is 2.54. The third kappa shape index (κ3) is 1.79. The van der Waals surface area contributed by atoms with Crippen molar-refractivity contribution in [2.45, 2.75) is 32.4 Å². The molecule has 0 aromatic rings. The van der Waals surface area contributed by atoms with Crippen LogP contribution in [0.15, 0.2) is 0 Å². The number of halogens is 5. The first-order valence-electron chi connectivity index (χ1n) is 4.12. The lowest BCUT2D eigenvalue weighted by Gasteiger charge is -2.20. The first kappa shape index (κ1) is 10.7. The molecular weight excluding hydrogens is 191 g/mol. The van der Waals surface area contributed by atoms with E-state index in [0.29, 0.717) is 0 Å². The molecule has 0 bridgehead atoms. The van der Waals surface area contributed by atoms with Crippen molar-refractivity contribution in [3.8, 4) is 0 Å². The van der Waals surface area contributed by atoms with Crippen LogP contribution < -0.4 is 0 Å². The van der Waals surface area contributed by atoms with Crippen molar-refractivity contribution in [1.82, 2.24) is 0 Å². The van der Waals surface area contributed by atoms with Gasteiger partial charge in [0.05, 0.1) is 0 Å². The lowest BCUT2D eigenvalue weighted by atomic mass is 10.0. The first-order chi connectivity index (χ1) is 5.68. The molecule has 0 N–H and O–H groups in total. The van der Waals surface area contributed by atoms with E-state index in [-0.39, 0.29) is 12.3 Å². The smallest absolute Gasteiger partial charge is 0.196 e. The highest BCUT2D eigenvalue weighted by molar-refractivity contribution is 5.00. The molecule has 0 spiro atoms. The molecule has 0 saturated heterocycles. The minimum atomic E-state index is -5.39. The van der Waals surface area contributed by atoms with E-state index in [2.05, 4.69) is 0 Å². The van der Waals surface area contributed by atoms with Crippen LogP contribution in [0.3, 0.4) is 0 Å². The summed E-state index contributed by atoms with van der Waals surface area (Å²) in [5, 5.41) is 0. The second-order valence-corrected chi connectivity index (χ2v) is 3.87. The Labute approximate surface area is 73.1 Å². The summed E-state index contributed by atoms with van der Waals surface area (Å²) < 4.78 is 60.6. The second kappa shape index (κ2) is 2.82. The zero-order valence-corrected chi connectivity index (χ0v) is 7.33. The molecule has 2 unspecified atom stereocenters. The summed E-state index contributed by atoms with van der Waals surface area (Å²) in [6.45, 7) is 3.33. The molecule has 0 radical (unpaired) electrons. The highest BCUT2D eigenvalue weighted by Crippen LogP contribution is 2.58. The fraction of sp³-hybridized carbons (Fsp3) is 1.00. The van der Waals surface area contributed by atoms with Crippen LogP contribution in [0.4, 0.5) is 22.0 Å². The molecule has 1 aliphatic carbocycles. The lowest BCUT2D eigenvalue weighted by Crippen LogP contribution is -2.39.